The molecule has 1 aromatic heterocycles. The lowest BCUT2D eigenvalue weighted by atomic mass is 10.0. The second kappa shape index (κ2) is 7.23. The first-order valence-corrected chi connectivity index (χ1v) is 8.71. The molecule has 2 N–H and O–H groups in total. The molecule has 1 saturated heterocycles. The molecule has 2 unspecified atom stereocenters. The smallest absolute Gasteiger partial charge is 0.0931 e. The number of thiophene rings is 1. The summed E-state index contributed by atoms with van der Waals surface area (Å²) in [6.07, 6.45) is 0.991. The van der Waals surface area contributed by atoms with Crippen LogP contribution in [0.5, 0.6) is 0 Å². The molecule has 3 nitrogen and oxygen atoms in total. The van der Waals surface area contributed by atoms with Gasteiger partial charge >= 0.3 is 0 Å². The molecule has 0 saturated carbocycles. The summed E-state index contributed by atoms with van der Waals surface area (Å²) in [7, 11) is 0. The van der Waals surface area contributed by atoms with Gasteiger partial charge in [-0.1, -0.05) is 18.5 Å². The molecule has 1 aromatic rings. The average Bonchev–Trinajstić information content (AvgIpc) is 2.85. The lowest BCUT2D eigenvalue weighted by molar-refractivity contribution is 0.0691. The van der Waals surface area contributed by atoms with Crippen molar-refractivity contribution in [2.45, 2.75) is 45.3 Å². The zero-order valence-electron chi connectivity index (χ0n) is 12.7. The lowest BCUT2D eigenvalue weighted by Gasteiger charge is -2.42. The number of nitrogens with zero attached hydrogens (tertiary/aromatic N) is 2. The van der Waals surface area contributed by atoms with Gasteiger partial charge in [-0.15, -0.1) is 11.3 Å². The number of nitrogens with two attached hydrogens (primary N) is 1. The van der Waals surface area contributed by atoms with E-state index in [1.165, 1.54) is 4.88 Å². The van der Waals surface area contributed by atoms with Crippen molar-refractivity contribution in [1.29, 1.82) is 0 Å². The molecule has 0 bridgehead atoms. The highest BCUT2D eigenvalue weighted by atomic mass is 35.5. The van der Waals surface area contributed by atoms with Crippen molar-refractivity contribution in [2.75, 3.05) is 26.2 Å². The van der Waals surface area contributed by atoms with Crippen LogP contribution in [0, 0.1) is 0 Å². The average molecular weight is 316 g/mol. The Morgan fingerprint density at radius 1 is 1.20 bits per heavy atom. The van der Waals surface area contributed by atoms with Gasteiger partial charge in [0.15, 0.2) is 0 Å². The molecule has 0 radical (unpaired) electrons. The van der Waals surface area contributed by atoms with Crippen LogP contribution in [0.1, 0.15) is 38.1 Å². The van der Waals surface area contributed by atoms with Gasteiger partial charge in [-0.05, 0) is 32.4 Å². The third-order valence-corrected chi connectivity index (χ3v) is 5.54. The number of hydrogen-bond donors (Lipinski definition) is 1. The Hall–Kier alpha value is -0.130. The predicted octanol–water partition coefficient (Wildman–Crippen LogP) is 3.21. The van der Waals surface area contributed by atoms with Crippen LogP contribution in [-0.2, 0) is 0 Å². The van der Waals surface area contributed by atoms with Gasteiger partial charge in [-0.3, -0.25) is 9.80 Å². The van der Waals surface area contributed by atoms with E-state index < -0.39 is 0 Å². The Morgan fingerprint density at radius 2 is 1.80 bits per heavy atom. The van der Waals surface area contributed by atoms with E-state index in [4.69, 9.17) is 17.3 Å². The van der Waals surface area contributed by atoms with E-state index in [9.17, 15) is 0 Å². The lowest BCUT2D eigenvalue weighted by Crippen LogP contribution is -2.52. The number of halogens is 1. The standard InChI is InChI=1S/C15H26ClN3S/c1-4-12(17)15(13-5-6-14(16)20-13)19-9-7-18(8-10-19)11(2)3/h5-6,11-12,15H,4,7-10,17H2,1-3H3. The van der Waals surface area contributed by atoms with Gasteiger partial charge in [-0.2, -0.15) is 0 Å². The van der Waals surface area contributed by atoms with Crippen LogP contribution in [0.3, 0.4) is 0 Å². The molecular weight excluding hydrogens is 290 g/mol. The first-order valence-electron chi connectivity index (χ1n) is 7.51. The normalized spacial score (nSPS) is 21.3. The van der Waals surface area contributed by atoms with Crippen LogP contribution in [-0.4, -0.2) is 48.1 Å². The maximum absolute atomic E-state index is 6.39. The summed E-state index contributed by atoms with van der Waals surface area (Å²) in [4.78, 5) is 6.38. The molecule has 5 heteroatoms. The molecule has 0 spiro atoms. The third-order valence-electron chi connectivity index (χ3n) is 4.23. The van der Waals surface area contributed by atoms with Gasteiger partial charge in [0, 0.05) is 43.1 Å². The van der Waals surface area contributed by atoms with Crippen LogP contribution in [0.4, 0.5) is 0 Å². The van der Waals surface area contributed by atoms with E-state index >= 15 is 0 Å². The monoisotopic (exact) mass is 315 g/mol. The second-order valence-corrected chi connectivity index (χ2v) is 7.57. The van der Waals surface area contributed by atoms with E-state index in [0.29, 0.717) is 12.1 Å². The summed E-state index contributed by atoms with van der Waals surface area (Å²) in [5.74, 6) is 0. The molecule has 0 aromatic carbocycles. The Balaban J connectivity index is 2.09. The van der Waals surface area contributed by atoms with Crippen molar-refractivity contribution in [1.82, 2.24) is 9.80 Å². The molecule has 1 fully saturated rings. The summed E-state index contributed by atoms with van der Waals surface area (Å²) >= 11 is 7.78. The number of piperazine rings is 1. The minimum Gasteiger partial charge on any atom is -0.326 e. The highest BCUT2D eigenvalue weighted by Gasteiger charge is 2.30. The van der Waals surface area contributed by atoms with Gasteiger partial charge in [0.1, 0.15) is 0 Å². The molecule has 0 aliphatic carbocycles. The van der Waals surface area contributed by atoms with Crippen molar-refractivity contribution in [3.05, 3.63) is 21.3 Å². The minimum atomic E-state index is 0.176. The zero-order chi connectivity index (χ0) is 14.7. The van der Waals surface area contributed by atoms with Gasteiger partial charge in [0.2, 0.25) is 0 Å². The second-order valence-electron chi connectivity index (χ2n) is 5.82. The fourth-order valence-corrected chi connectivity index (χ4v) is 4.18. The van der Waals surface area contributed by atoms with Crippen LogP contribution in [0.15, 0.2) is 12.1 Å². The van der Waals surface area contributed by atoms with E-state index in [0.717, 1.165) is 36.9 Å². The summed E-state index contributed by atoms with van der Waals surface area (Å²) in [6, 6.07) is 5.25. The van der Waals surface area contributed by atoms with Crippen molar-refractivity contribution < 1.29 is 0 Å². The molecule has 1 aliphatic heterocycles. The molecule has 2 heterocycles. The molecule has 1 aliphatic rings. The molecule has 114 valence electrons. The minimum absolute atomic E-state index is 0.176. The van der Waals surface area contributed by atoms with Crippen LogP contribution in [0.2, 0.25) is 4.34 Å². The first-order chi connectivity index (χ1) is 9.52. The summed E-state index contributed by atoms with van der Waals surface area (Å²) in [6.45, 7) is 11.1. The summed E-state index contributed by atoms with van der Waals surface area (Å²) in [5, 5.41) is 0. The molecule has 20 heavy (non-hydrogen) atoms. The van der Waals surface area contributed by atoms with E-state index in [2.05, 4.69) is 36.6 Å². The quantitative estimate of drug-likeness (QED) is 0.905. The Labute approximate surface area is 131 Å². The summed E-state index contributed by atoms with van der Waals surface area (Å²) in [5.41, 5.74) is 6.39. The third kappa shape index (κ3) is 3.74. The fraction of sp³-hybridized carbons (Fsp3) is 0.733. The van der Waals surface area contributed by atoms with Gasteiger partial charge in [0.25, 0.3) is 0 Å². The number of hydrogen-bond acceptors (Lipinski definition) is 4. The van der Waals surface area contributed by atoms with Crippen LogP contribution >= 0.6 is 22.9 Å². The Bertz CT molecular complexity index is 413. The van der Waals surface area contributed by atoms with E-state index in [-0.39, 0.29) is 6.04 Å². The first kappa shape index (κ1) is 16.2. The van der Waals surface area contributed by atoms with Gasteiger partial charge in [0.05, 0.1) is 10.4 Å². The highest BCUT2D eigenvalue weighted by Crippen LogP contribution is 2.33. The predicted molar refractivity (Wildman–Crippen MR) is 88.6 cm³/mol. The molecular formula is C15H26ClN3S. The largest absolute Gasteiger partial charge is 0.326 e. The van der Waals surface area contributed by atoms with Crippen LogP contribution in [0.25, 0.3) is 0 Å². The molecule has 2 rings (SSSR count). The van der Waals surface area contributed by atoms with Crippen molar-refractivity contribution in [2.24, 2.45) is 5.73 Å². The van der Waals surface area contributed by atoms with Crippen LogP contribution < -0.4 is 5.73 Å². The van der Waals surface area contributed by atoms with Crippen molar-refractivity contribution in [3.63, 3.8) is 0 Å². The highest BCUT2D eigenvalue weighted by molar-refractivity contribution is 7.16. The van der Waals surface area contributed by atoms with Crippen molar-refractivity contribution >= 4 is 22.9 Å². The maximum Gasteiger partial charge on any atom is 0.0931 e. The zero-order valence-corrected chi connectivity index (χ0v) is 14.3. The fourth-order valence-electron chi connectivity index (χ4n) is 2.90. The Morgan fingerprint density at radius 3 is 2.25 bits per heavy atom. The van der Waals surface area contributed by atoms with E-state index in [1.54, 1.807) is 11.3 Å². The Kier molecular flexibility index (Phi) is 5.87. The SMILES string of the molecule is CCC(N)C(c1ccc(Cl)s1)N1CCN(C(C)C)CC1. The van der Waals surface area contributed by atoms with Gasteiger partial charge < -0.3 is 5.73 Å². The summed E-state index contributed by atoms with van der Waals surface area (Å²) < 4.78 is 0.856. The maximum atomic E-state index is 6.39. The molecule has 2 atom stereocenters. The van der Waals surface area contributed by atoms with E-state index in [1.807, 2.05) is 6.07 Å². The number of rotatable bonds is 5. The van der Waals surface area contributed by atoms with Gasteiger partial charge in [-0.25, -0.2) is 0 Å². The topological polar surface area (TPSA) is 32.5 Å². The van der Waals surface area contributed by atoms with Crippen molar-refractivity contribution in [3.8, 4) is 0 Å². The molecule has 0 amide bonds.